The Labute approximate surface area is 127 Å². The third-order valence-corrected chi connectivity index (χ3v) is 3.66. The maximum atomic E-state index is 13.2. The van der Waals surface area contributed by atoms with E-state index >= 15 is 0 Å². The minimum Gasteiger partial charge on any atom is -0.488 e. The van der Waals surface area contributed by atoms with E-state index in [-0.39, 0.29) is 23.9 Å². The monoisotopic (exact) mass is 301 g/mol. The van der Waals surface area contributed by atoms with Crippen LogP contribution in [0.25, 0.3) is 0 Å². The van der Waals surface area contributed by atoms with E-state index in [1.54, 1.807) is 18.5 Å². The van der Waals surface area contributed by atoms with Gasteiger partial charge in [0.05, 0.1) is 6.04 Å². The van der Waals surface area contributed by atoms with Gasteiger partial charge in [0, 0.05) is 30.4 Å². The van der Waals surface area contributed by atoms with Gasteiger partial charge in [0.2, 0.25) is 5.91 Å². The molecule has 5 nitrogen and oxygen atoms in total. The molecule has 2 heterocycles. The minimum atomic E-state index is -0.345. The number of aromatic nitrogens is 2. The molecule has 0 fully saturated rings. The lowest BCUT2D eigenvalue weighted by Gasteiger charge is -2.16. The molecular weight excluding hydrogens is 285 g/mol. The molecule has 114 valence electrons. The van der Waals surface area contributed by atoms with Gasteiger partial charge in [0.25, 0.3) is 0 Å². The van der Waals surface area contributed by atoms with Gasteiger partial charge in [-0.25, -0.2) is 14.4 Å². The van der Waals surface area contributed by atoms with E-state index in [9.17, 15) is 9.18 Å². The molecule has 0 unspecified atom stereocenters. The first-order chi connectivity index (χ1) is 10.6. The van der Waals surface area contributed by atoms with Crippen molar-refractivity contribution in [2.45, 2.75) is 31.9 Å². The summed E-state index contributed by atoms with van der Waals surface area (Å²) in [6, 6.07) is 4.12. The summed E-state index contributed by atoms with van der Waals surface area (Å²) in [5.41, 5.74) is 1.72. The van der Waals surface area contributed by atoms with Crippen molar-refractivity contribution in [1.29, 1.82) is 0 Å². The fraction of sp³-hybridized carbons (Fsp3) is 0.312. The van der Waals surface area contributed by atoms with Crippen molar-refractivity contribution >= 4 is 5.91 Å². The van der Waals surface area contributed by atoms with Crippen LogP contribution in [0, 0.1) is 5.82 Å². The summed E-state index contributed by atoms with van der Waals surface area (Å²) in [5.74, 6) is 0.0674. The fourth-order valence-electron chi connectivity index (χ4n) is 2.55. The zero-order valence-corrected chi connectivity index (χ0v) is 12.1. The molecular formula is C16H16FN3O2. The molecule has 0 saturated carbocycles. The summed E-state index contributed by atoms with van der Waals surface area (Å²) in [7, 11) is 0. The zero-order valence-electron chi connectivity index (χ0n) is 12.1. The number of nitrogens with one attached hydrogen (secondary N) is 1. The second-order valence-corrected chi connectivity index (χ2v) is 5.30. The Morgan fingerprint density at radius 1 is 1.36 bits per heavy atom. The van der Waals surface area contributed by atoms with E-state index < -0.39 is 0 Å². The van der Waals surface area contributed by atoms with E-state index in [2.05, 4.69) is 15.3 Å². The van der Waals surface area contributed by atoms with Crippen molar-refractivity contribution in [3.05, 3.63) is 53.9 Å². The largest absolute Gasteiger partial charge is 0.488 e. The summed E-state index contributed by atoms with van der Waals surface area (Å²) >= 11 is 0. The van der Waals surface area contributed by atoms with Gasteiger partial charge in [0.1, 0.15) is 24.0 Å². The van der Waals surface area contributed by atoms with Gasteiger partial charge < -0.3 is 10.1 Å². The van der Waals surface area contributed by atoms with E-state index in [0.717, 1.165) is 11.1 Å². The van der Waals surface area contributed by atoms with Gasteiger partial charge in [-0.1, -0.05) is 6.07 Å². The SMILES string of the molecule is C[C@@H]1Oc2cc(F)ccc2[C@@H]1NC(=O)CCc1cncnc1. The molecule has 1 aliphatic heterocycles. The van der Waals surface area contributed by atoms with Crippen molar-refractivity contribution in [2.24, 2.45) is 0 Å². The Morgan fingerprint density at radius 2 is 2.14 bits per heavy atom. The molecule has 1 aromatic heterocycles. The van der Waals surface area contributed by atoms with Crippen molar-refractivity contribution in [1.82, 2.24) is 15.3 Å². The van der Waals surface area contributed by atoms with E-state index in [0.29, 0.717) is 18.6 Å². The lowest BCUT2D eigenvalue weighted by Crippen LogP contribution is -2.34. The van der Waals surface area contributed by atoms with E-state index in [1.165, 1.54) is 18.5 Å². The van der Waals surface area contributed by atoms with Crippen molar-refractivity contribution in [3.8, 4) is 5.75 Å². The Morgan fingerprint density at radius 3 is 2.91 bits per heavy atom. The van der Waals surface area contributed by atoms with E-state index in [4.69, 9.17) is 4.74 Å². The predicted molar refractivity (Wildman–Crippen MR) is 77.7 cm³/mol. The molecule has 22 heavy (non-hydrogen) atoms. The number of hydrogen-bond donors (Lipinski definition) is 1. The van der Waals surface area contributed by atoms with Gasteiger partial charge in [-0.05, 0) is 25.0 Å². The Hall–Kier alpha value is -2.50. The molecule has 2 aromatic rings. The highest BCUT2D eigenvalue weighted by molar-refractivity contribution is 5.77. The van der Waals surface area contributed by atoms with Gasteiger partial charge in [0.15, 0.2) is 0 Å². The molecule has 1 aliphatic rings. The Kier molecular flexibility index (Phi) is 4.00. The second-order valence-electron chi connectivity index (χ2n) is 5.30. The average molecular weight is 301 g/mol. The standard InChI is InChI=1S/C16H16FN3O2/c1-10-16(13-4-3-12(17)6-14(13)22-10)20-15(21)5-2-11-7-18-9-19-8-11/h3-4,6-10,16H,2,5H2,1H3,(H,20,21)/t10-,16+/m0/s1. The highest BCUT2D eigenvalue weighted by atomic mass is 19.1. The number of fused-ring (bicyclic) bond motifs is 1. The number of ether oxygens (including phenoxy) is 1. The van der Waals surface area contributed by atoms with Crippen LogP contribution in [0.3, 0.4) is 0 Å². The van der Waals surface area contributed by atoms with Crippen molar-refractivity contribution in [2.75, 3.05) is 0 Å². The minimum absolute atomic E-state index is 0.0820. The van der Waals surface area contributed by atoms with Crippen LogP contribution in [0.2, 0.25) is 0 Å². The van der Waals surface area contributed by atoms with Crippen molar-refractivity contribution in [3.63, 3.8) is 0 Å². The van der Waals surface area contributed by atoms with Gasteiger partial charge >= 0.3 is 0 Å². The first kappa shape index (κ1) is 14.4. The normalized spacial score (nSPS) is 19.4. The van der Waals surface area contributed by atoms with Crippen LogP contribution in [0.1, 0.15) is 30.5 Å². The molecule has 1 amide bonds. The summed E-state index contributed by atoms with van der Waals surface area (Å²) in [6.45, 7) is 1.86. The molecule has 0 radical (unpaired) electrons. The molecule has 6 heteroatoms. The number of rotatable bonds is 4. The molecule has 0 saturated heterocycles. The highest BCUT2D eigenvalue weighted by Gasteiger charge is 2.32. The molecule has 2 atom stereocenters. The number of aryl methyl sites for hydroxylation is 1. The molecule has 1 aromatic carbocycles. The third kappa shape index (κ3) is 3.05. The van der Waals surface area contributed by atoms with Gasteiger partial charge in [-0.15, -0.1) is 0 Å². The van der Waals surface area contributed by atoms with Crippen LogP contribution < -0.4 is 10.1 Å². The number of nitrogens with zero attached hydrogens (tertiary/aromatic N) is 2. The summed E-state index contributed by atoms with van der Waals surface area (Å²) < 4.78 is 18.8. The Bertz CT molecular complexity index is 678. The first-order valence-corrected chi connectivity index (χ1v) is 7.13. The molecule has 0 spiro atoms. The van der Waals surface area contributed by atoms with Gasteiger partial charge in [-0.2, -0.15) is 0 Å². The summed E-state index contributed by atoms with van der Waals surface area (Å²) in [5, 5.41) is 2.95. The maximum Gasteiger partial charge on any atom is 0.220 e. The number of hydrogen-bond acceptors (Lipinski definition) is 4. The number of carbonyl (C=O) groups is 1. The van der Waals surface area contributed by atoms with Gasteiger partial charge in [-0.3, -0.25) is 4.79 Å². The fourth-order valence-corrected chi connectivity index (χ4v) is 2.55. The van der Waals surface area contributed by atoms with Crippen LogP contribution in [0.15, 0.2) is 36.9 Å². The predicted octanol–water partition coefficient (Wildman–Crippen LogP) is 2.19. The number of amides is 1. The zero-order chi connectivity index (χ0) is 15.5. The van der Waals surface area contributed by atoms with Crippen LogP contribution in [-0.4, -0.2) is 22.0 Å². The quantitative estimate of drug-likeness (QED) is 0.940. The number of benzene rings is 1. The lowest BCUT2D eigenvalue weighted by molar-refractivity contribution is -0.122. The highest BCUT2D eigenvalue weighted by Crippen LogP contribution is 2.36. The molecule has 0 aliphatic carbocycles. The van der Waals surface area contributed by atoms with Crippen LogP contribution in [0.5, 0.6) is 5.75 Å². The molecule has 1 N–H and O–H groups in total. The molecule has 0 bridgehead atoms. The van der Waals surface area contributed by atoms with Crippen LogP contribution >= 0.6 is 0 Å². The first-order valence-electron chi connectivity index (χ1n) is 7.13. The van der Waals surface area contributed by atoms with Crippen LogP contribution in [-0.2, 0) is 11.2 Å². The molecule has 3 rings (SSSR count). The smallest absolute Gasteiger partial charge is 0.220 e. The maximum absolute atomic E-state index is 13.2. The third-order valence-electron chi connectivity index (χ3n) is 3.66. The van der Waals surface area contributed by atoms with Crippen molar-refractivity contribution < 1.29 is 13.9 Å². The average Bonchev–Trinajstić information content (AvgIpc) is 2.81. The lowest BCUT2D eigenvalue weighted by atomic mass is 10.0. The van der Waals surface area contributed by atoms with E-state index in [1.807, 2.05) is 6.92 Å². The van der Waals surface area contributed by atoms with Crippen LogP contribution in [0.4, 0.5) is 4.39 Å². The second kappa shape index (κ2) is 6.09. The number of halogens is 1. The topological polar surface area (TPSA) is 64.1 Å². The number of carbonyl (C=O) groups excluding carboxylic acids is 1. The summed E-state index contributed by atoms with van der Waals surface area (Å²) in [6.07, 6.45) is 5.54. The summed E-state index contributed by atoms with van der Waals surface area (Å²) in [4.78, 5) is 19.9. The Balaban J connectivity index is 1.62.